The number of aryl methyl sites for hydroxylation is 2. The average molecular weight is 273 g/mol. The van der Waals surface area contributed by atoms with Gasteiger partial charge in [-0.15, -0.1) is 0 Å². The van der Waals surface area contributed by atoms with Crippen molar-refractivity contribution >= 4 is 5.97 Å². The first-order valence-electron chi connectivity index (χ1n) is 7.62. The third-order valence-corrected chi connectivity index (χ3v) is 5.13. The van der Waals surface area contributed by atoms with Crippen molar-refractivity contribution in [2.24, 2.45) is 0 Å². The SMILES string of the molecule is Cc1ccc2c(c1)C(N1CCCCC1(C)C(=O)O)CC2. The first-order chi connectivity index (χ1) is 9.52. The minimum Gasteiger partial charge on any atom is -0.480 e. The number of carbonyl (C=O) groups is 1. The van der Waals surface area contributed by atoms with Gasteiger partial charge in [0, 0.05) is 6.04 Å². The van der Waals surface area contributed by atoms with Gasteiger partial charge in [-0.3, -0.25) is 9.69 Å². The summed E-state index contributed by atoms with van der Waals surface area (Å²) in [4.78, 5) is 14.0. The van der Waals surface area contributed by atoms with Crippen LogP contribution in [-0.4, -0.2) is 28.1 Å². The molecular weight excluding hydrogens is 250 g/mol. The lowest BCUT2D eigenvalue weighted by molar-refractivity contribution is -0.155. The van der Waals surface area contributed by atoms with Gasteiger partial charge >= 0.3 is 5.97 Å². The molecule has 1 N–H and O–H groups in total. The predicted molar refractivity (Wildman–Crippen MR) is 78.8 cm³/mol. The molecule has 0 radical (unpaired) electrons. The summed E-state index contributed by atoms with van der Waals surface area (Å²) in [6.07, 6.45) is 5.03. The number of benzene rings is 1. The molecule has 108 valence electrons. The molecule has 0 amide bonds. The molecule has 1 aromatic carbocycles. The Morgan fingerprint density at radius 2 is 2.20 bits per heavy atom. The van der Waals surface area contributed by atoms with Gasteiger partial charge in [-0.25, -0.2) is 0 Å². The van der Waals surface area contributed by atoms with Gasteiger partial charge in [-0.05, 0) is 63.6 Å². The number of aliphatic carboxylic acids is 1. The van der Waals surface area contributed by atoms with Crippen LogP contribution >= 0.6 is 0 Å². The number of carboxylic acids is 1. The zero-order chi connectivity index (χ0) is 14.3. The third-order valence-electron chi connectivity index (χ3n) is 5.13. The van der Waals surface area contributed by atoms with Gasteiger partial charge in [0.05, 0.1) is 0 Å². The number of piperidine rings is 1. The van der Waals surface area contributed by atoms with Crippen LogP contribution < -0.4 is 0 Å². The Morgan fingerprint density at radius 1 is 1.40 bits per heavy atom. The first-order valence-corrected chi connectivity index (χ1v) is 7.62. The Bertz CT molecular complexity index is 540. The molecule has 1 heterocycles. The molecule has 3 rings (SSSR count). The van der Waals surface area contributed by atoms with E-state index in [2.05, 4.69) is 30.0 Å². The molecular formula is C17H23NO2. The first kappa shape index (κ1) is 13.6. The van der Waals surface area contributed by atoms with E-state index in [1.54, 1.807) is 0 Å². The summed E-state index contributed by atoms with van der Waals surface area (Å²) >= 11 is 0. The summed E-state index contributed by atoms with van der Waals surface area (Å²) in [5, 5.41) is 9.69. The molecule has 20 heavy (non-hydrogen) atoms. The molecule has 3 nitrogen and oxygen atoms in total. The highest BCUT2D eigenvalue weighted by Gasteiger charge is 2.46. The van der Waals surface area contributed by atoms with Crippen molar-refractivity contribution in [1.29, 1.82) is 0 Å². The highest BCUT2D eigenvalue weighted by molar-refractivity contribution is 5.78. The molecule has 3 heteroatoms. The molecule has 0 aromatic heterocycles. The van der Waals surface area contributed by atoms with E-state index < -0.39 is 11.5 Å². The van der Waals surface area contributed by atoms with E-state index in [9.17, 15) is 9.90 Å². The zero-order valence-corrected chi connectivity index (χ0v) is 12.4. The van der Waals surface area contributed by atoms with Crippen LogP contribution in [0.5, 0.6) is 0 Å². The Morgan fingerprint density at radius 3 is 2.95 bits per heavy atom. The maximum absolute atomic E-state index is 11.8. The van der Waals surface area contributed by atoms with Crippen molar-refractivity contribution in [2.75, 3.05) is 6.54 Å². The van der Waals surface area contributed by atoms with Crippen LogP contribution in [0.15, 0.2) is 18.2 Å². The smallest absolute Gasteiger partial charge is 0.323 e. The van der Waals surface area contributed by atoms with Gasteiger partial charge in [-0.1, -0.05) is 23.8 Å². The number of hydrogen-bond acceptors (Lipinski definition) is 2. The van der Waals surface area contributed by atoms with Crippen LogP contribution in [0.2, 0.25) is 0 Å². The van der Waals surface area contributed by atoms with Crippen LogP contribution in [0, 0.1) is 6.92 Å². The van der Waals surface area contributed by atoms with Crippen molar-refractivity contribution in [3.63, 3.8) is 0 Å². The van der Waals surface area contributed by atoms with Gasteiger partial charge in [-0.2, -0.15) is 0 Å². The number of fused-ring (bicyclic) bond motifs is 1. The number of likely N-dealkylation sites (tertiary alicyclic amines) is 1. The largest absolute Gasteiger partial charge is 0.480 e. The van der Waals surface area contributed by atoms with Crippen molar-refractivity contribution in [1.82, 2.24) is 4.90 Å². The van der Waals surface area contributed by atoms with Crippen molar-refractivity contribution in [3.8, 4) is 0 Å². The predicted octanol–water partition coefficient (Wildman–Crippen LogP) is 3.31. The number of rotatable bonds is 2. The quantitative estimate of drug-likeness (QED) is 0.898. The molecule has 2 atom stereocenters. The fraction of sp³-hybridized carbons (Fsp3) is 0.588. The molecule has 0 bridgehead atoms. The van der Waals surface area contributed by atoms with E-state index in [-0.39, 0.29) is 6.04 Å². The molecule has 1 aliphatic heterocycles. The Labute approximate surface area is 120 Å². The monoisotopic (exact) mass is 273 g/mol. The second kappa shape index (κ2) is 4.88. The summed E-state index contributed by atoms with van der Waals surface area (Å²) in [6.45, 7) is 4.92. The van der Waals surface area contributed by atoms with Crippen LogP contribution in [0.1, 0.15) is 55.3 Å². The number of hydrogen-bond donors (Lipinski definition) is 1. The standard InChI is InChI=1S/C17H23NO2/c1-12-5-6-13-7-8-15(14(13)11-12)18-10-4-3-9-17(18,2)16(19)20/h5-6,11,15H,3-4,7-10H2,1-2H3,(H,19,20). The Hall–Kier alpha value is -1.35. The van der Waals surface area contributed by atoms with Crippen molar-refractivity contribution < 1.29 is 9.90 Å². The van der Waals surface area contributed by atoms with Crippen LogP contribution in [-0.2, 0) is 11.2 Å². The van der Waals surface area contributed by atoms with E-state index in [1.807, 2.05) is 6.92 Å². The molecule has 2 aliphatic rings. The van der Waals surface area contributed by atoms with Crippen LogP contribution in [0.3, 0.4) is 0 Å². The molecule has 2 unspecified atom stereocenters. The highest BCUT2D eigenvalue weighted by atomic mass is 16.4. The van der Waals surface area contributed by atoms with Gasteiger partial charge in [0.1, 0.15) is 5.54 Å². The van der Waals surface area contributed by atoms with Gasteiger partial charge < -0.3 is 5.11 Å². The lowest BCUT2D eigenvalue weighted by atomic mass is 9.86. The van der Waals surface area contributed by atoms with Crippen LogP contribution in [0.25, 0.3) is 0 Å². The zero-order valence-electron chi connectivity index (χ0n) is 12.4. The molecule has 1 aromatic rings. The maximum Gasteiger partial charge on any atom is 0.323 e. The fourth-order valence-electron chi connectivity index (χ4n) is 3.89. The Kier molecular flexibility index (Phi) is 3.33. The second-order valence-electron chi connectivity index (χ2n) is 6.49. The molecule has 0 saturated carbocycles. The fourth-order valence-corrected chi connectivity index (χ4v) is 3.89. The minimum absolute atomic E-state index is 0.284. The maximum atomic E-state index is 11.8. The number of carboxylic acid groups (broad SMARTS) is 1. The second-order valence-corrected chi connectivity index (χ2v) is 6.49. The van der Waals surface area contributed by atoms with Crippen molar-refractivity contribution in [3.05, 3.63) is 34.9 Å². The summed E-state index contributed by atoms with van der Waals surface area (Å²) in [7, 11) is 0. The summed E-state index contributed by atoms with van der Waals surface area (Å²) in [6, 6.07) is 6.91. The topological polar surface area (TPSA) is 40.5 Å². The lowest BCUT2D eigenvalue weighted by Crippen LogP contribution is -2.56. The third kappa shape index (κ3) is 2.05. The summed E-state index contributed by atoms with van der Waals surface area (Å²) in [5.41, 5.74) is 3.33. The molecule has 1 saturated heterocycles. The van der Waals surface area contributed by atoms with E-state index in [4.69, 9.17) is 0 Å². The van der Waals surface area contributed by atoms with Gasteiger partial charge in [0.25, 0.3) is 0 Å². The molecule has 1 fully saturated rings. The highest BCUT2D eigenvalue weighted by Crippen LogP contribution is 2.43. The Balaban J connectivity index is 1.97. The lowest BCUT2D eigenvalue weighted by Gasteiger charge is -2.45. The van der Waals surface area contributed by atoms with Gasteiger partial charge in [0.2, 0.25) is 0 Å². The van der Waals surface area contributed by atoms with Crippen LogP contribution in [0.4, 0.5) is 0 Å². The normalized spacial score (nSPS) is 30.2. The van der Waals surface area contributed by atoms with E-state index in [0.29, 0.717) is 0 Å². The minimum atomic E-state index is -0.700. The summed E-state index contributed by atoms with van der Waals surface area (Å²) < 4.78 is 0. The molecule has 1 aliphatic carbocycles. The van der Waals surface area contributed by atoms with Crippen molar-refractivity contribution in [2.45, 2.75) is 57.5 Å². The van der Waals surface area contributed by atoms with E-state index >= 15 is 0 Å². The molecule has 0 spiro atoms. The van der Waals surface area contributed by atoms with E-state index in [0.717, 1.165) is 38.6 Å². The summed E-state index contributed by atoms with van der Waals surface area (Å²) in [5.74, 6) is -0.668. The van der Waals surface area contributed by atoms with E-state index in [1.165, 1.54) is 16.7 Å². The number of nitrogens with zero attached hydrogens (tertiary/aromatic N) is 1. The average Bonchev–Trinajstić information content (AvgIpc) is 2.82. The van der Waals surface area contributed by atoms with Gasteiger partial charge in [0.15, 0.2) is 0 Å².